The van der Waals surface area contributed by atoms with Gasteiger partial charge in [-0.05, 0) is 17.5 Å². The van der Waals surface area contributed by atoms with Crippen molar-refractivity contribution >= 4 is 45.8 Å². The lowest BCUT2D eigenvalue weighted by Crippen LogP contribution is -2.14. The number of rotatable bonds is 3. The molecule has 0 saturated heterocycles. The van der Waals surface area contributed by atoms with Crippen LogP contribution in [0.2, 0.25) is 5.02 Å². The van der Waals surface area contributed by atoms with Gasteiger partial charge >= 0.3 is 0 Å². The van der Waals surface area contributed by atoms with Gasteiger partial charge in [-0.15, -0.1) is 0 Å². The Morgan fingerprint density at radius 2 is 2.38 bits per heavy atom. The summed E-state index contributed by atoms with van der Waals surface area (Å²) in [5.41, 5.74) is 6.06. The number of hydrogen-bond acceptors (Lipinski definition) is 5. The number of nitrogens with one attached hydrogen (secondary N) is 1. The molecule has 3 N–H and O–H groups in total. The summed E-state index contributed by atoms with van der Waals surface area (Å²) in [5, 5.41) is 2.30. The molecule has 2 aromatic rings. The third-order valence-corrected chi connectivity index (χ3v) is 4.24. The normalized spacial score (nSPS) is 12.4. The topological polar surface area (TPSA) is 74.0 Å². The first kappa shape index (κ1) is 11.5. The van der Waals surface area contributed by atoms with Crippen LogP contribution in [0.5, 0.6) is 0 Å². The van der Waals surface area contributed by atoms with Crippen molar-refractivity contribution in [2.24, 2.45) is 0 Å². The second-order valence-corrected chi connectivity index (χ2v) is 5.72. The van der Waals surface area contributed by atoms with Crippen molar-refractivity contribution in [2.75, 3.05) is 10.5 Å². The van der Waals surface area contributed by atoms with Crippen LogP contribution < -0.4 is 10.5 Å². The van der Waals surface area contributed by atoms with Crippen LogP contribution in [0.15, 0.2) is 34.0 Å². The van der Waals surface area contributed by atoms with Crippen molar-refractivity contribution < 1.29 is 4.55 Å². The minimum Gasteiger partial charge on any atom is -0.587 e. The van der Waals surface area contributed by atoms with E-state index in [1.807, 2.05) is 11.4 Å². The molecule has 0 spiro atoms. The summed E-state index contributed by atoms with van der Waals surface area (Å²) in [7, 11) is 0. The zero-order valence-electron chi connectivity index (χ0n) is 8.01. The number of aromatic nitrogens is 1. The molecule has 4 nitrogen and oxygen atoms in total. The number of pyridine rings is 1. The molecular formula is C9H8ClN3OS2. The molecule has 1 unspecified atom stereocenters. The summed E-state index contributed by atoms with van der Waals surface area (Å²) in [4.78, 5) is 3.97. The number of nitrogens with two attached hydrogens (primary N) is 1. The van der Waals surface area contributed by atoms with E-state index in [-0.39, 0.29) is 0 Å². The van der Waals surface area contributed by atoms with Crippen molar-refractivity contribution in [1.82, 2.24) is 4.98 Å². The Morgan fingerprint density at radius 1 is 1.56 bits per heavy atom. The number of nitrogen functional groups attached to an aromatic ring is 1. The number of nitrogens with zero attached hydrogens (tertiary/aromatic N) is 1. The van der Waals surface area contributed by atoms with Gasteiger partial charge in [0.2, 0.25) is 4.21 Å². The van der Waals surface area contributed by atoms with Crippen molar-refractivity contribution in [3.63, 3.8) is 0 Å². The molecule has 0 aliphatic rings. The summed E-state index contributed by atoms with van der Waals surface area (Å²) in [6.07, 6.45) is 1.45. The van der Waals surface area contributed by atoms with Crippen LogP contribution in [0.25, 0.3) is 0 Å². The van der Waals surface area contributed by atoms with E-state index in [2.05, 4.69) is 9.71 Å². The first-order chi connectivity index (χ1) is 7.66. The first-order valence-corrected chi connectivity index (χ1v) is 6.70. The molecule has 0 radical (unpaired) electrons. The van der Waals surface area contributed by atoms with Gasteiger partial charge in [-0.25, -0.2) is 4.98 Å². The Balaban J connectivity index is 2.15. The molecule has 0 aromatic carbocycles. The third-order valence-electron chi connectivity index (χ3n) is 1.75. The van der Waals surface area contributed by atoms with Gasteiger partial charge < -0.3 is 10.3 Å². The van der Waals surface area contributed by atoms with E-state index in [4.69, 9.17) is 17.3 Å². The van der Waals surface area contributed by atoms with E-state index >= 15 is 0 Å². The number of hydrogen-bond donors (Lipinski definition) is 2. The van der Waals surface area contributed by atoms with E-state index < -0.39 is 11.4 Å². The van der Waals surface area contributed by atoms with E-state index in [9.17, 15) is 4.55 Å². The fourth-order valence-electron chi connectivity index (χ4n) is 1.05. The molecular weight excluding hydrogens is 266 g/mol. The van der Waals surface area contributed by atoms with Gasteiger partial charge in [-0.1, -0.05) is 22.9 Å². The number of anilines is 2. The lowest BCUT2D eigenvalue weighted by Gasteiger charge is -2.10. The lowest BCUT2D eigenvalue weighted by molar-refractivity contribution is 0.602. The molecule has 0 aliphatic carbocycles. The molecule has 2 heterocycles. The minimum atomic E-state index is -1.34. The van der Waals surface area contributed by atoms with Crippen molar-refractivity contribution in [2.45, 2.75) is 4.21 Å². The van der Waals surface area contributed by atoms with Gasteiger partial charge in [0.25, 0.3) is 0 Å². The maximum Gasteiger partial charge on any atom is 0.233 e. The minimum absolute atomic E-state index is 0.371. The molecule has 0 saturated carbocycles. The SMILES string of the molecule is Nc1cc(Cl)cnc1N[S+]([O-])c1cccs1. The molecule has 16 heavy (non-hydrogen) atoms. The van der Waals surface area contributed by atoms with E-state index in [0.717, 1.165) is 4.21 Å². The summed E-state index contributed by atoms with van der Waals surface area (Å²) in [6.45, 7) is 0. The summed E-state index contributed by atoms with van der Waals surface area (Å²) in [5.74, 6) is 0.371. The molecule has 2 aromatic heterocycles. The quantitative estimate of drug-likeness (QED) is 0.843. The maximum absolute atomic E-state index is 11.8. The highest BCUT2D eigenvalue weighted by Crippen LogP contribution is 2.24. The predicted octanol–water partition coefficient (Wildman–Crippen LogP) is 2.51. The van der Waals surface area contributed by atoms with Gasteiger partial charge in [-0.2, -0.15) is 4.72 Å². The van der Waals surface area contributed by atoms with Gasteiger partial charge in [0.15, 0.2) is 5.82 Å². The summed E-state index contributed by atoms with van der Waals surface area (Å²) in [6, 6.07) is 5.17. The van der Waals surface area contributed by atoms with Crippen LogP contribution in [0.1, 0.15) is 0 Å². The average Bonchev–Trinajstić information content (AvgIpc) is 2.75. The Bertz CT molecular complexity index is 478. The smallest absolute Gasteiger partial charge is 0.233 e. The van der Waals surface area contributed by atoms with E-state index in [0.29, 0.717) is 16.5 Å². The molecule has 0 fully saturated rings. The monoisotopic (exact) mass is 273 g/mol. The van der Waals surface area contributed by atoms with Gasteiger partial charge in [-0.3, -0.25) is 0 Å². The lowest BCUT2D eigenvalue weighted by atomic mass is 10.4. The van der Waals surface area contributed by atoms with Crippen LogP contribution in [0.4, 0.5) is 11.5 Å². The summed E-state index contributed by atoms with van der Waals surface area (Å²) >= 11 is 5.77. The standard InChI is InChI=1S/C9H8ClN3OS2/c10-6-4-7(11)9(12-5-6)13-16(14)8-2-1-3-15-8/h1-5H,11H2,(H,12,13). The maximum atomic E-state index is 11.8. The Hall–Kier alpha value is -0.950. The molecule has 2 rings (SSSR count). The Labute approximate surface area is 105 Å². The largest absolute Gasteiger partial charge is 0.587 e. The van der Waals surface area contributed by atoms with Crippen LogP contribution in [0, 0.1) is 0 Å². The highest BCUT2D eigenvalue weighted by Gasteiger charge is 2.15. The zero-order valence-corrected chi connectivity index (χ0v) is 10.4. The fourth-order valence-corrected chi connectivity index (χ4v) is 2.95. The first-order valence-electron chi connectivity index (χ1n) is 4.30. The van der Waals surface area contributed by atoms with Crippen LogP contribution in [-0.2, 0) is 11.4 Å². The van der Waals surface area contributed by atoms with Crippen LogP contribution in [0.3, 0.4) is 0 Å². The average molecular weight is 274 g/mol. The molecule has 0 bridgehead atoms. The Morgan fingerprint density at radius 3 is 3.00 bits per heavy atom. The third kappa shape index (κ3) is 2.59. The molecule has 1 atom stereocenters. The van der Waals surface area contributed by atoms with Crippen molar-refractivity contribution in [3.05, 3.63) is 34.8 Å². The van der Waals surface area contributed by atoms with E-state index in [1.54, 1.807) is 12.1 Å². The molecule has 84 valence electrons. The van der Waals surface area contributed by atoms with Gasteiger partial charge in [0, 0.05) is 12.3 Å². The summed E-state index contributed by atoms with van der Waals surface area (Å²) < 4.78 is 15.2. The second-order valence-electron chi connectivity index (χ2n) is 2.89. The van der Waals surface area contributed by atoms with Crippen molar-refractivity contribution in [3.8, 4) is 0 Å². The highest BCUT2D eigenvalue weighted by atomic mass is 35.5. The van der Waals surface area contributed by atoms with Crippen LogP contribution in [-0.4, -0.2) is 9.54 Å². The molecule has 0 amide bonds. The molecule has 0 aliphatic heterocycles. The highest BCUT2D eigenvalue weighted by molar-refractivity contribution is 7.94. The second kappa shape index (κ2) is 4.92. The fraction of sp³-hybridized carbons (Fsp3) is 0. The van der Waals surface area contributed by atoms with Gasteiger partial charge in [0.1, 0.15) is 11.4 Å². The Kier molecular flexibility index (Phi) is 3.55. The zero-order chi connectivity index (χ0) is 11.5. The number of halogens is 1. The number of thiophene rings is 1. The van der Waals surface area contributed by atoms with E-state index in [1.165, 1.54) is 17.5 Å². The van der Waals surface area contributed by atoms with Crippen LogP contribution >= 0.6 is 22.9 Å². The molecule has 7 heteroatoms. The van der Waals surface area contributed by atoms with Crippen molar-refractivity contribution in [1.29, 1.82) is 0 Å². The predicted molar refractivity (Wildman–Crippen MR) is 68.0 cm³/mol. The van der Waals surface area contributed by atoms with Gasteiger partial charge in [0.05, 0.1) is 10.7 Å².